The Labute approximate surface area is 136 Å². The molecule has 7 nitrogen and oxygen atoms in total. The van der Waals surface area contributed by atoms with Gasteiger partial charge in [-0.05, 0) is 13.6 Å². The predicted molar refractivity (Wildman–Crippen MR) is 82.6 cm³/mol. The van der Waals surface area contributed by atoms with Crippen molar-refractivity contribution in [2.24, 2.45) is 9.98 Å². The number of amidine groups is 1. The van der Waals surface area contributed by atoms with E-state index in [1.807, 2.05) is 0 Å². The van der Waals surface area contributed by atoms with Gasteiger partial charge in [0.2, 0.25) is 5.91 Å². The van der Waals surface area contributed by atoms with Gasteiger partial charge in [-0.15, -0.1) is 0 Å². The van der Waals surface area contributed by atoms with Gasteiger partial charge in [0.25, 0.3) is 0 Å². The monoisotopic (exact) mass is 336 g/mol. The lowest BCUT2D eigenvalue weighted by atomic mass is 10.3. The van der Waals surface area contributed by atoms with Gasteiger partial charge in [0, 0.05) is 36.9 Å². The highest BCUT2D eigenvalue weighted by Gasteiger charge is 2.23. The number of carbonyl (C=O) groups is 2. The van der Waals surface area contributed by atoms with Gasteiger partial charge in [0.15, 0.2) is 0 Å². The van der Waals surface area contributed by atoms with E-state index in [9.17, 15) is 18.4 Å². The number of halogens is 2. The maximum atomic E-state index is 13.1. The Bertz CT molecular complexity index is 726. The normalized spacial score (nSPS) is 16.0. The molecular weight excluding hydrogens is 322 g/mol. The fourth-order valence-electron chi connectivity index (χ4n) is 1.91. The van der Waals surface area contributed by atoms with Crippen LogP contribution >= 0.6 is 0 Å². The highest BCUT2D eigenvalue weighted by atomic mass is 19.1. The van der Waals surface area contributed by atoms with Crippen molar-refractivity contribution in [3.8, 4) is 5.75 Å². The fraction of sp³-hybridized carbons (Fsp3) is 0.200. The average Bonchev–Trinajstić information content (AvgIpc) is 2.50. The summed E-state index contributed by atoms with van der Waals surface area (Å²) in [6, 6.07) is 1.81. The quantitative estimate of drug-likeness (QED) is 0.678. The Hall–Kier alpha value is -3.10. The third kappa shape index (κ3) is 4.45. The molecule has 3 amide bonds. The van der Waals surface area contributed by atoms with Gasteiger partial charge in [0.05, 0.1) is 6.20 Å². The van der Waals surface area contributed by atoms with E-state index in [1.54, 1.807) is 6.92 Å². The Kier molecular flexibility index (Phi) is 5.35. The molecule has 1 N–H and O–H groups in total. The number of benzene rings is 1. The summed E-state index contributed by atoms with van der Waals surface area (Å²) in [5, 5.41) is 2.17. The van der Waals surface area contributed by atoms with E-state index in [1.165, 1.54) is 11.1 Å². The molecule has 1 aromatic rings. The van der Waals surface area contributed by atoms with E-state index < -0.39 is 17.7 Å². The van der Waals surface area contributed by atoms with E-state index in [-0.39, 0.29) is 30.6 Å². The molecule has 126 valence electrons. The molecule has 1 fully saturated rings. The second kappa shape index (κ2) is 7.44. The van der Waals surface area contributed by atoms with Crippen LogP contribution < -0.4 is 10.1 Å². The molecule has 24 heavy (non-hydrogen) atoms. The fourth-order valence-corrected chi connectivity index (χ4v) is 1.91. The number of carbonyl (C=O) groups excluding carboxylic acids is 2. The second-order valence-electron chi connectivity index (χ2n) is 4.80. The van der Waals surface area contributed by atoms with E-state index in [0.29, 0.717) is 11.8 Å². The van der Waals surface area contributed by atoms with Crippen LogP contribution in [0.3, 0.4) is 0 Å². The zero-order valence-electron chi connectivity index (χ0n) is 12.8. The van der Waals surface area contributed by atoms with Gasteiger partial charge in [-0.3, -0.25) is 15.0 Å². The lowest BCUT2D eigenvalue weighted by Gasteiger charge is -2.26. The number of allylic oxidation sites excluding steroid dienone is 1. The van der Waals surface area contributed by atoms with Crippen molar-refractivity contribution in [1.82, 2.24) is 10.2 Å². The van der Waals surface area contributed by atoms with E-state index in [2.05, 4.69) is 22.0 Å². The van der Waals surface area contributed by atoms with Gasteiger partial charge < -0.3 is 4.74 Å². The Morgan fingerprint density at radius 2 is 2.00 bits per heavy atom. The van der Waals surface area contributed by atoms with Crippen molar-refractivity contribution in [3.63, 3.8) is 0 Å². The topological polar surface area (TPSA) is 83.4 Å². The summed E-state index contributed by atoms with van der Waals surface area (Å²) in [5.41, 5.74) is 0.426. The first kappa shape index (κ1) is 17.3. The summed E-state index contributed by atoms with van der Waals surface area (Å²) in [4.78, 5) is 31.5. The van der Waals surface area contributed by atoms with Gasteiger partial charge >= 0.3 is 12.1 Å². The molecule has 0 saturated carbocycles. The molecule has 0 unspecified atom stereocenters. The molecule has 0 aliphatic carbocycles. The summed E-state index contributed by atoms with van der Waals surface area (Å²) >= 11 is 0. The van der Waals surface area contributed by atoms with Crippen molar-refractivity contribution in [2.75, 3.05) is 6.54 Å². The molecule has 9 heteroatoms. The molecule has 1 saturated heterocycles. The van der Waals surface area contributed by atoms with Crippen LogP contribution in [-0.2, 0) is 4.79 Å². The smallest absolute Gasteiger partial charge is 0.328 e. The van der Waals surface area contributed by atoms with Crippen molar-refractivity contribution >= 4 is 24.7 Å². The molecule has 0 atom stereocenters. The first-order valence-corrected chi connectivity index (χ1v) is 6.85. The van der Waals surface area contributed by atoms with Crippen LogP contribution in [0.2, 0.25) is 0 Å². The molecule has 1 aliphatic rings. The number of hydrogen-bond acceptors (Lipinski definition) is 4. The SMILES string of the molecule is C=N/C(=N\C=C(/C)N1CCC(=O)NC1=O)Oc1cc(F)cc(F)c1. The van der Waals surface area contributed by atoms with Gasteiger partial charge in [-0.1, -0.05) is 0 Å². The first-order chi connectivity index (χ1) is 11.4. The Morgan fingerprint density at radius 1 is 1.33 bits per heavy atom. The zero-order valence-corrected chi connectivity index (χ0v) is 12.8. The lowest BCUT2D eigenvalue weighted by Crippen LogP contribution is -2.48. The molecule has 0 aromatic heterocycles. The number of amides is 3. The predicted octanol–water partition coefficient (Wildman–Crippen LogP) is 2.20. The van der Waals surface area contributed by atoms with Crippen molar-refractivity contribution in [3.05, 3.63) is 41.7 Å². The van der Waals surface area contributed by atoms with Crippen LogP contribution in [0.25, 0.3) is 0 Å². The Balaban J connectivity index is 2.13. The summed E-state index contributed by atoms with van der Waals surface area (Å²) < 4.78 is 31.4. The molecule has 0 spiro atoms. The van der Waals surface area contributed by atoms with Crippen molar-refractivity contribution in [2.45, 2.75) is 13.3 Å². The van der Waals surface area contributed by atoms with Crippen LogP contribution in [0.5, 0.6) is 5.75 Å². The molecule has 1 heterocycles. The number of ether oxygens (including phenoxy) is 1. The third-order valence-corrected chi connectivity index (χ3v) is 3.02. The minimum absolute atomic E-state index is 0.133. The highest BCUT2D eigenvalue weighted by Crippen LogP contribution is 2.16. The maximum Gasteiger partial charge on any atom is 0.328 e. The largest absolute Gasteiger partial charge is 0.424 e. The number of imide groups is 1. The first-order valence-electron chi connectivity index (χ1n) is 6.85. The zero-order chi connectivity index (χ0) is 17.7. The van der Waals surface area contributed by atoms with E-state index >= 15 is 0 Å². The summed E-state index contributed by atoms with van der Waals surface area (Å²) in [7, 11) is 0. The molecule has 1 aromatic carbocycles. The number of aliphatic imine (C=N–C) groups is 2. The summed E-state index contributed by atoms with van der Waals surface area (Å²) in [6.45, 7) is 5.07. The summed E-state index contributed by atoms with van der Waals surface area (Å²) in [5.74, 6) is -2.10. The summed E-state index contributed by atoms with van der Waals surface area (Å²) in [6.07, 6.45) is 1.45. The standard InChI is InChI=1S/C15H14F2N4O3/c1-9(21-4-3-13(22)20-15(21)23)8-19-14(18-2)24-12-6-10(16)5-11(17)7-12/h5-8H,2-4H2,1H3,(H,20,22,23)/b9-8+,19-14+. The average molecular weight is 336 g/mol. The third-order valence-electron chi connectivity index (χ3n) is 3.02. The number of urea groups is 1. The molecule has 0 radical (unpaired) electrons. The Morgan fingerprint density at radius 3 is 2.58 bits per heavy atom. The van der Waals surface area contributed by atoms with Gasteiger partial charge in [0.1, 0.15) is 17.4 Å². The van der Waals surface area contributed by atoms with Gasteiger partial charge in [-0.25, -0.2) is 23.6 Å². The van der Waals surface area contributed by atoms with Crippen LogP contribution in [0.1, 0.15) is 13.3 Å². The van der Waals surface area contributed by atoms with Gasteiger partial charge in [-0.2, -0.15) is 0 Å². The number of hydrogen-bond donors (Lipinski definition) is 1. The van der Waals surface area contributed by atoms with Crippen molar-refractivity contribution < 1.29 is 23.1 Å². The molecule has 2 rings (SSSR count). The molecule has 1 aliphatic heterocycles. The minimum atomic E-state index is -0.810. The lowest BCUT2D eigenvalue weighted by molar-refractivity contribution is -0.121. The van der Waals surface area contributed by atoms with E-state index in [0.717, 1.165) is 12.1 Å². The second-order valence-corrected chi connectivity index (χ2v) is 4.80. The van der Waals surface area contributed by atoms with Crippen LogP contribution in [-0.4, -0.2) is 36.1 Å². The van der Waals surface area contributed by atoms with E-state index in [4.69, 9.17) is 4.74 Å². The van der Waals surface area contributed by atoms with Crippen LogP contribution in [0.15, 0.2) is 40.1 Å². The number of nitrogens with one attached hydrogen (secondary N) is 1. The molecule has 0 bridgehead atoms. The van der Waals surface area contributed by atoms with Crippen LogP contribution in [0.4, 0.5) is 13.6 Å². The molecular formula is C15H14F2N4O3. The highest BCUT2D eigenvalue weighted by molar-refractivity contribution is 5.97. The number of nitrogens with zero attached hydrogens (tertiary/aromatic N) is 3. The van der Waals surface area contributed by atoms with Crippen molar-refractivity contribution in [1.29, 1.82) is 0 Å². The van der Waals surface area contributed by atoms with Crippen LogP contribution in [0, 0.1) is 11.6 Å². The maximum absolute atomic E-state index is 13.1. The minimum Gasteiger partial charge on any atom is -0.424 e. The number of rotatable bonds is 3.